The van der Waals surface area contributed by atoms with E-state index >= 15 is 0 Å². The molecule has 2 saturated heterocycles. The SMILES string of the molecule is CS(=O)(=O)N1CCN(Cc2csc3c(-c4ccc5[nH]ncc5c4)nc(N4CCCCC4)nc23)CC1. The number of piperazine rings is 1. The fourth-order valence-electron chi connectivity index (χ4n) is 5.05. The van der Waals surface area contributed by atoms with Crippen LogP contribution in [0.25, 0.3) is 32.4 Å². The standard InChI is InChI=1S/C24H29N7O2S2/c1-35(32,33)31-11-9-29(10-12-31)15-19-16-34-23-21(17-5-6-20-18(13-17)14-25-28-20)26-24(27-22(19)23)30-7-3-2-4-8-30/h5-6,13-14,16H,2-4,7-12,15H2,1H3,(H,25,28). The Balaban J connectivity index is 1.37. The Hall–Kier alpha value is -2.60. The molecule has 4 aromatic rings. The lowest BCUT2D eigenvalue weighted by Crippen LogP contribution is -2.47. The van der Waals surface area contributed by atoms with Crippen LogP contribution in [0.5, 0.6) is 0 Å². The van der Waals surface area contributed by atoms with Gasteiger partial charge in [0, 0.05) is 62.3 Å². The smallest absolute Gasteiger partial charge is 0.226 e. The molecule has 2 aliphatic rings. The average molecular weight is 512 g/mol. The summed E-state index contributed by atoms with van der Waals surface area (Å²) in [5.74, 6) is 0.807. The Kier molecular flexibility index (Phi) is 5.95. The largest absolute Gasteiger partial charge is 0.341 e. The van der Waals surface area contributed by atoms with Crippen molar-refractivity contribution in [3.05, 3.63) is 35.3 Å². The normalized spacial score (nSPS) is 18.6. The number of rotatable bonds is 5. The first-order valence-corrected chi connectivity index (χ1v) is 14.8. The van der Waals surface area contributed by atoms with E-state index in [0.29, 0.717) is 13.1 Å². The highest BCUT2D eigenvalue weighted by Gasteiger charge is 2.25. The number of thiophene rings is 1. The van der Waals surface area contributed by atoms with Gasteiger partial charge in [-0.15, -0.1) is 11.3 Å². The number of benzene rings is 1. The van der Waals surface area contributed by atoms with Crippen molar-refractivity contribution < 1.29 is 8.42 Å². The minimum Gasteiger partial charge on any atom is -0.341 e. The number of H-pyrrole nitrogens is 1. The zero-order chi connectivity index (χ0) is 24.0. The van der Waals surface area contributed by atoms with Crippen molar-refractivity contribution in [2.45, 2.75) is 25.8 Å². The molecule has 1 N–H and O–H groups in total. The molecule has 0 radical (unpaired) electrons. The zero-order valence-corrected chi connectivity index (χ0v) is 21.4. The number of hydrogen-bond donors (Lipinski definition) is 1. The second-order valence-electron chi connectivity index (χ2n) is 9.47. The molecule has 5 heterocycles. The lowest BCUT2D eigenvalue weighted by Gasteiger charge is -2.33. The van der Waals surface area contributed by atoms with Crippen LogP contribution in [0.2, 0.25) is 0 Å². The minimum absolute atomic E-state index is 0.533. The maximum Gasteiger partial charge on any atom is 0.226 e. The minimum atomic E-state index is -3.14. The van der Waals surface area contributed by atoms with Crippen molar-refractivity contribution in [2.24, 2.45) is 0 Å². The van der Waals surface area contributed by atoms with E-state index in [1.54, 1.807) is 15.6 Å². The molecule has 0 bridgehead atoms. The molecule has 2 fully saturated rings. The molecule has 1 aromatic carbocycles. The Morgan fingerprint density at radius 1 is 1.03 bits per heavy atom. The van der Waals surface area contributed by atoms with Gasteiger partial charge < -0.3 is 4.90 Å². The summed E-state index contributed by atoms with van der Waals surface area (Å²) in [5, 5.41) is 10.5. The summed E-state index contributed by atoms with van der Waals surface area (Å²) in [4.78, 5) is 14.8. The number of fused-ring (bicyclic) bond motifs is 2. The van der Waals surface area contributed by atoms with Gasteiger partial charge in [-0.25, -0.2) is 18.4 Å². The molecule has 35 heavy (non-hydrogen) atoms. The van der Waals surface area contributed by atoms with Crippen molar-refractivity contribution in [2.75, 3.05) is 50.4 Å². The van der Waals surface area contributed by atoms with E-state index < -0.39 is 10.0 Å². The van der Waals surface area contributed by atoms with Gasteiger partial charge in [0.25, 0.3) is 0 Å². The topological polar surface area (TPSA) is 98.3 Å². The molecule has 3 aromatic heterocycles. The van der Waals surface area contributed by atoms with E-state index in [9.17, 15) is 8.42 Å². The lowest BCUT2D eigenvalue weighted by molar-refractivity contribution is 0.183. The highest BCUT2D eigenvalue weighted by atomic mass is 32.2. The zero-order valence-electron chi connectivity index (χ0n) is 19.8. The van der Waals surface area contributed by atoms with E-state index in [-0.39, 0.29) is 0 Å². The van der Waals surface area contributed by atoms with Gasteiger partial charge in [-0.3, -0.25) is 10.00 Å². The van der Waals surface area contributed by atoms with Gasteiger partial charge >= 0.3 is 0 Å². The Morgan fingerprint density at radius 3 is 2.60 bits per heavy atom. The summed E-state index contributed by atoms with van der Waals surface area (Å²) in [6.45, 7) is 5.23. The number of aromatic nitrogens is 4. The molecule has 184 valence electrons. The summed E-state index contributed by atoms with van der Waals surface area (Å²) in [6, 6.07) is 6.30. The van der Waals surface area contributed by atoms with Crippen molar-refractivity contribution in [1.82, 2.24) is 29.4 Å². The van der Waals surface area contributed by atoms with Crippen LogP contribution < -0.4 is 4.90 Å². The van der Waals surface area contributed by atoms with E-state index in [1.807, 2.05) is 6.20 Å². The number of hydrogen-bond acceptors (Lipinski definition) is 8. The highest BCUT2D eigenvalue weighted by Crippen LogP contribution is 2.36. The molecular weight excluding hydrogens is 482 g/mol. The molecule has 11 heteroatoms. The fourth-order valence-corrected chi connectivity index (χ4v) is 6.88. The van der Waals surface area contributed by atoms with Crippen molar-refractivity contribution in [1.29, 1.82) is 0 Å². The van der Waals surface area contributed by atoms with Gasteiger partial charge in [0.2, 0.25) is 16.0 Å². The molecule has 0 atom stereocenters. The third kappa shape index (κ3) is 4.53. The van der Waals surface area contributed by atoms with E-state index in [0.717, 1.165) is 71.0 Å². The van der Waals surface area contributed by atoms with Crippen molar-refractivity contribution >= 4 is 48.4 Å². The molecule has 6 rings (SSSR count). The highest BCUT2D eigenvalue weighted by molar-refractivity contribution is 7.88. The Morgan fingerprint density at radius 2 is 1.83 bits per heavy atom. The summed E-state index contributed by atoms with van der Waals surface area (Å²) >= 11 is 1.69. The summed E-state index contributed by atoms with van der Waals surface area (Å²) < 4.78 is 26.4. The van der Waals surface area contributed by atoms with Crippen LogP contribution in [0.1, 0.15) is 24.8 Å². The molecule has 0 aliphatic carbocycles. The summed E-state index contributed by atoms with van der Waals surface area (Å²) in [7, 11) is -3.14. The van der Waals surface area contributed by atoms with Gasteiger partial charge in [0.1, 0.15) is 0 Å². The van der Waals surface area contributed by atoms with Gasteiger partial charge in [-0.1, -0.05) is 6.07 Å². The van der Waals surface area contributed by atoms with E-state index in [1.165, 1.54) is 31.1 Å². The van der Waals surface area contributed by atoms with Gasteiger partial charge in [-0.05, 0) is 36.8 Å². The van der Waals surface area contributed by atoms with Gasteiger partial charge in [0.05, 0.1) is 33.9 Å². The summed E-state index contributed by atoms with van der Waals surface area (Å²) in [6.07, 6.45) is 6.72. The van der Waals surface area contributed by atoms with Crippen LogP contribution in [0.4, 0.5) is 5.95 Å². The van der Waals surface area contributed by atoms with Crippen molar-refractivity contribution in [3.63, 3.8) is 0 Å². The average Bonchev–Trinajstić information content (AvgIpc) is 3.50. The number of aromatic amines is 1. The van der Waals surface area contributed by atoms with Crippen LogP contribution >= 0.6 is 11.3 Å². The Bertz CT molecular complexity index is 1470. The first kappa shape index (κ1) is 22.8. The molecule has 9 nitrogen and oxygen atoms in total. The molecule has 0 spiro atoms. The predicted octanol–water partition coefficient (Wildman–Crippen LogP) is 3.30. The van der Waals surface area contributed by atoms with E-state index in [2.05, 4.69) is 43.6 Å². The molecular formula is C24H29N7O2S2. The van der Waals surface area contributed by atoms with Crippen LogP contribution in [0.3, 0.4) is 0 Å². The van der Waals surface area contributed by atoms with Crippen molar-refractivity contribution in [3.8, 4) is 11.3 Å². The summed E-state index contributed by atoms with van der Waals surface area (Å²) in [5.41, 5.74) is 5.24. The quantitative estimate of drug-likeness (QED) is 0.439. The van der Waals surface area contributed by atoms with Crippen LogP contribution in [0, 0.1) is 0 Å². The number of nitrogens with zero attached hydrogens (tertiary/aromatic N) is 6. The van der Waals surface area contributed by atoms with E-state index in [4.69, 9.17) is 9.97 Å². The first-order chi connectivity index (χ1) is 17.0. The predicted molar refractivity (Wildman–Crippen MR) is 140 cm³/mol. The van der Waals surface area contributed by atoms with Crippen LogP contribution in [0.15, 0.2) is 29.8 Å². The Labute approximate surface area is 208 Å². The monoisotopic (exact) mass is 511 g/mol. The van der Waals surface area contributed by atoms with Gasteiger partial charge in [-0.2, -0.15) is 9.40 Å². The third-order valence-electron chi connectivity index (χ3n) is 7.02. The number of sulfonamides is 1. The second-order valence-corrected chi connectivity index (χ2v) is 12.3. The number of nitrogens with one attached hydrogen (secondary N) is 1. The van der Waals surface area contributed by atoms with Crippen LogP contribution in [-0.2, 0) is 16.6 Å². The molecule has 0 amide bonds. The first-order valence-electron chi connectivity index (χ1n) is 12.1. The maximum atomic E-state index is 11.9. The maximum absolute atomic E-state index is 11.9. The van der Waals surface area contributed by atoms with Crippen LogP contribution in [-0.4, -0.2) is 83.3 Å². The lowest BCUT2D eigenvalue weighted by atomic mass is 10.1. The fraction of sp³-hybridized carbons (Fsp3) is 0.458. The molecule has 0 saturated carbocycles. The number of anilines is 1. The molecule has 0 unspecified atom stereocenters. The van der Waals surface area contributed by atoms with Gasteiger partial charge in [0.15, 0.2) is 0 Å². The number of piperidine rings is 1. The third-order valence-corrected chi connectivity index (χ3v) is 9.35. The molecule has 2 aliphatic heterocycles. The second kappa shape index (κ2) is 9.12.